The van der Waals surface area contributed by atoms with E-state index in [9.17, 15) is 0 Å². The van der Waals surface area contributed by atoms with Crippen molar-refractivity contribution in [3.8, 4) is 0 Å². The maximum Gasteiger partial charge on any atom is 0.0441 e. The third kappa shape index (κ3) is 4.45. The van der Waals surface area contributed by atoms with Gasteiger partial charge in [0.15, 0.2) is 0 Å². The summed E-state index contributed by atoms with van der Waals surface area (Å²) in [6.45, 7) is 7.50. The minimum absolute atomic E-state index is 0.0775. The first-order valence-corrected chi connectivity index (χ1v) is 6.71. The maximum absolute atomic E-state index is 3.52. The molecule has 1 aromatic rings. The van der Waals surface area contributed by atoms with Gasteiger partial charge in [-0.25, -0.2) is 0 Å². The van der Waals surface area contributed by atoms with E-state index in [4.69, 9.17) is 0 Å². The number of rotatable bonds is 6. The molecule has 3 heteroatoms. The summed E-state index contributed by atoms with van der Waals surface area (Å²) in [5.74, 6) is 1.12. The lowest BCUT2D eigenvalue weighted by molar-refractivity contribution is 0.530. The lowest BCUT2D eigenvalue weighted by Gasteiger charge is -2.27. The molecule has 0 saturated carbocycles. The fraction of sp³-hybridized carbons (Fsp3) is 0.538. The molecule has 0 unspecified atom stereocenters. The fourth-order valence-electron chi connectivity index (χ4n) is 1.68. The molecule has 0 fully saturated rings. The first-order chi connectivity index (χ1) is 7.57. The maximum atomic E-state index is 3.52. The molecule has 0 bridgehead atoms. The van der Waals surface area contributed by atoms with Crippen molar-refractivity contribution < 1.29 is 0 Å². The summed E-state index contributed by atoms with van der Waals surface area (Å²) in [6.07, 6.45) is 0. The lowest BCUT2D eigenvalue weighted by Crippen LogP contribution is -2.40. The monoisotopic (exact) mass is 238 g/mol. The van der Waals surface area contributed by atoms with Crippen LogP contribution in [0.25, 0.3) is 0 Å². The van der Waals surface area contributed by atoms with Crippen LogP contribution in [-0.4, -0.2) is 24.9 Å². The van der Waals surface area contributed by atoms with Crippen molar-refractivity contribution in [1.82, 2.24) is 5.32 Å². The standard InChI is InChI=1S/C13H22N2S/c1-5-16-12-8-6-11(7-9-12)15-13(2,3)10-14-4/h6-9,14-15H,5,10H2,1-4H3. The summed E-state index contributed by atoms with van der Waals surface area (Å²) in [5, 5.41) is 6.71. The Balaban J connectivity index is 2.61. The Hall–Kier alpha value is -0.670. The lowest BCUT2D eigenvalue weighted by atomic mass is 10.1. The SMILES string of the molecule is CCSc1ccc(NC(C)(C)CNC)cc1. The molecule has 2 nitrogen and oxygen atoms in total. The van der Waals surface area contributed by atoms with E-state index in [2.05, 4.69) is 55.7 Å². The molecule has 0 spiro atoms. The van der Waals surface area contributed by atoms with Crippen LogP contribution < -0.4 is 10.6 Å². The number of nitrogens with one attached hydrogen (secondary N) is 2. The van der Waals surface area contributed by atoms with E-state index in [1.54, 1.807) is 0 Å². The Morgan fingerprint density at radius 3 is 2.31 bits per heavy atom. The van der Waals surface area contributed by atoms with E-state index in [0.717, 1.165) is 12.3 Å². The molecule has 0 saturated heterocycles. The summed E-state index contributed by atoms with van der Waals surface area (Å²) in [6, 6.07) is 8.64. The molecule has 16 heavy (non-hydrogen) atoms. The molecular formula is C13H22N2S. The van der Waals surface area contributed by atoms with Gasteiger partial charge in [0.25, 0.3) is 0 Å². The summed E-state index contributed by atoms with van der Waals surface area (Å²) >= 11 is 1.87. The number of hydrogen-bond acceptors (Lipinski definition) is 3. The van der Waals surface area contributed by atoms with Gasteiger partial charge in [-0.05, 0) is 50.9 Å². The van der Waals surface area contributed by atoms with Gasteiger partial charge in [0.2, 0.25) is 0 Å². The van der Waals surface area contributed by atoms with E-state index in [1.807, 2.05) is 18.8 Å². The second-order valence-corrected chi connectivity index (χ2v) is 5.83. The Kier molecular flexibility index (Phi) is 5.16. The molecule has 0 radical (unpaired) electrons. The molecule has 0 heterocycles. The Bertz CT molecular complexity index is 306. The Morgan fingerprint density at radius 1 is 1.19 bits per heavy atom. The molecule has 0 aromatic heterocycles. The van der Waals surface area contributed by atoms with Crippen molar-refractivity contribution in [3.05, 3.63) is 24.3 Å². The Morgan fingerprint density at radius 2 is 1.81 bits per heavy atom. The molecule has 0 amide bonds. The van der Waals surface area contributed by atoms with Crippen LogP contribution in [0.4, 0.5) is 5.69 Å². The van der Waals surface area contributed by atoms with Crippen molar-refractivity contribution in [2.24, 2.45) is 0 Å². The predicted octanol–water partition coefficient (Wildman–Crippen LogP) is 3.21. The summed E-state index contributed by atoms with van der Waals surface area (Å²) in [4.78, 5) is 1.33. The van der Waals surface area contributed by atoms with E-state index in [0.29, 0.717) is 0 Å². The molecular weight excluding hydrogens is 216 g/mol. The average molecular weight is 238 g/mol. The van der Waals surface area contributed by atoms with Crippen molar-refractivity contribution >= 4 is 17.4 Å². The van der Waals surface area contributed by atoms with Gasteiger partial charge in [0, 0.05) is 22.7 Å². The third-order valence-corrected chi connectivity index (χ3v) is 3.16. The number of benzene rings is 1. The highest BCUT2D eigenvalue weighted by atomic mass is 32.2. The summed E-state index contributed by atoms with van der Waals surface area (Å²) in [7, 11) is 1.98. The highest BCUT2D eigenvalue weighted by Crippen LogP contribution is 2.21. The molecule has 2 N–H and O–H groups in total. The zero-order chi connectivity index (χ0) is 12.0. The minimum atomic E-state index is 0.0775. The van der Waals surface area contributed by atoms with E-state index >= 15 is 0 Å². The normalized spacial score (nSPS) is 11.5. The van der Waals surface area contributed by atoms with Gasteiger partial charge in [-0.2, -0.15) is 0 Å². The van der Waals surface area contributed by atoms with Gasteiger partial charge in [-0.3, -0.25) is 0 Å². The van der Waals surface area contributed by atoms with Crippen LogP contribution in [0.5, 0.6) is 0 Å². The molecule has 0 atom stereocenters. The molecule has 1 rings (SSSR count). The largest absolute Gasteiger partial charge is 0.379 e. The molecule has 0 aliphatic rings. The topological polar surface area (TPSA) is 24.1 Å². The van der Waals surface area contributed by atoms with Gasteiger partial charge >= 0.3 is 0 Å². The summed E-state index contributed by atoms with van der Waals surface area (Å²) < 4.78 is 0. The van der Waals surface area contributed by atoms with Crippen LogP contribution in [0.2, 0.25) is 0 Å². The van der Waals surface area contributed by atoms with Crippen LogP contribution in [0.15, 0.2) is 29.2 Å². The number of hydrogen-bond donors (Lipinski definition) is 2. The van der Waals surface area contributed by atoms with Crippen molar-refractivity contribution in [2.75, 3.05) is 24.7 Å². The van der Waals surface area contributed by atoms with E-state index < -0.39 is 0 Å². The van der Waals surface area contributed by atoms with Gasteiger partial charge < -0.3 is 10.6 Å². The minimum Gasteiger partial charge on any atom is -0.379 e. The quantitative estimate of drug-likeness (QED) is 0.744. The Labute approximate surface area is 103 Å². The number of thioether (sulfide) groups is 1. The highest BCUT2D eigenvalue weighted by molar-refractivity contribution is 7.99. The molecule has 0 aliphatic heterocycles. The van der Waals surface area contributed by atoms with Gasteiger partial charge in [0.05, 0.1) is 0 Å². The van der Waals surface area contributed by atoms with E-state index in [1.165, 1.54) is 10.6 Å². The van der Waals surface area contributed by atoms with Crippen LogP contribution in [-0.2, 0) is 0 Å². The fourth-order valence-corrected chi connectivity index (χ4v) is 2.34. The zero-order valence-corrected chi connectivity index (χ0v) is 11.4. The van der Waals surface area contributed by atoms with Gasteiger partial charge in [-0.15, -0.1) is 11.8 Å². The molecule has 90 valence electrons. The summed E-state index contributed by atoms with van der Waals surface area (Å²) in [5.41, 5.74) is 1.26. The van der Waals surface area contributed by atoms with Gasteiger partial charge in [0.1, 0.15) is 0 Å². The predicted molar refractivity (Wildman–Crippen MR) is 74.5 cm³/mol. The van der Waals surface area contributed by atoms with Gasteiger partial charge in [-0.1, -0.05) is 6.92 Å². The van der Waals surface area contributed by atoms with E-state index in [-0.39, 0.29) is 5.54 Å². The van der Waals surface area contributed by atoms with Crippen LogP contribution in [0, 0.1) is 0 Å². The molecule has 1 aromatic carbocycles. The average Bonchev–Trinajstić information content (AvgIpc) is 2.21. The highest BCUT2D eigenvalue weighted by Gasteiger charge is 2.15. The van der Waals surface area contributed by atoms with Crippen LogP contribution in [0.1, 0.15) is 20.8 Å². The number of likely N-dealkylation sites (N-methyl/N-ethyl adjacent to an activating group) is 1. The third-order valence-electron chi connectivity index (χ3n) is 2.27. The van der Waals surface area contributed by atoms with Crippen molar-refractivity contribution in [2.45, 2.75) is 31.2 Å². The van der Waals surface area contributed by atoms with Crippen molar-refractivity contribution in [1.29, 1.82) is 0 Å². The first-order valence-electron chi connectivity index (χ1n) is 5.73. The van der Waals surface area contributed by atoms with Crippen LogP contribution in [0.3, 0.4) is 0 Å². The first kappa shape index (κ1) is 13.4. The van der Waals surface area contributed by atoms with Crippen LogP contribution >= 0.6 is 11.8 Å². The van der Waals surface area contributed by atoms with Crippen molar-refractivity contribution in [3.63, 3.8) is 0 Å². The second kappa shape index (κ2) is 6.16. The smallest absolute Gasteiger partial charge is 0.0441 e. The second-order valence-electron chi connectivity index (χ2n) is 4.50. The zero-order valence-electron chi connectivity index (χ0n) is 10.6. The number of anilines is 1. The molecule has 0 aliphatic carbocycles.